The number of nitrogens with two attached hydrogens (primary N) is 1. The molecule has 0 saturated carbocycles. The van der Waals surface area contributed by atoms with Crippen molar-refractivity contribution in [3.63, 3.8) is 0 Å². The number of carbonyl (C=O) groups excluding carboxylic acids is 1. The fourth-order valence-electron chi connectivity index (χ4n) is 2.34. The zero-order chi connectivity index (χ0) is 17.3. The van der Waals surface area contributed by atoms with E-state index >= 15 is 0 Å². The number of aromatic nitrogens is 3. The second kappa shape index (κ2) is 6.82. The molecule has 0 bridgehead atoms. The first-order valence-electron chi connectivity index (χ1n) is 7.79. The van der Waals surface area contributed by atoms with Gasteiger partial charge < -0.3 is 5.73 Å². The second-order valence-electron chi connectivity index (χ2n) is 5.91. The summed E-state index contributed by atoms with van der Waals surface area (Å²) >= 11 is 2.69. The van der Waals surface area contributed by atoms with Crippen molar-refractivity contribution in [3.8, 4) is 0 Å². The van der Waals surface area contributed by atoms with Gasteiger partial charge >= 0.3 is 0 Å². The van der Waals surface area contributed by atoms with Crippen LogP contribution in [-0.4, -0.2) is 21.1 Å². The number of anilines is 2. The van der Waals surface area contributed by atoms with E-state index < -0.39 is 0 Å². The van der Waals surface area contributed by atoms with Crippen LogP contribution in [0.4, 0.5) is 10.8 Å². The second-order valence-corrected chi connectivity index (χ2v) is 7.97. The molecule has 0 radical (unpaired) electrons. The number of pyridine rings is 1. The predicted molar refractivity (Wildman–Crippen MR) is 99.8 cm³/mol. The summed E-state index contributed by atoms with van der Waals surface area (Å²) in [5.41, 5.74) is 7.64. The molecule has 0 unspecified atom stereocenters. The summed E-state index contributed by atoms with van der Waals surface area (Å²) in [6.45, 7) is 6.30. The summed E-state index contributed by atoms with van der Waals surface area (Å²) in [5.74, 6) is 0.264. The highest BCUT2D eigenvalue weighted by molar-refractivity contribution is 7.21. The minimum absolute atomic E-state index is 0.264. The Hall–Kier alpha value is -2.06. The molecule has 3 rings (SSSR count). The molecule has 0 saturated heterocycles. The van der Waals surface area contributed by atoms with E-state index in [4.69, 9.17) is 5.73 Å². The Morgan fingerprint density at radius 3 is 2.75 bits per heavy atom. The first-order valence-corrected chi connectivity index (χ1v) is 9.42. The van der Waals surface area contributed by atoms with Crippen LogP contribution in [0, 0.1) is 5.92 Å². The van der Waals surface area contributed by atoms with Gasteiger partial charge in [0.2, 0.25) is 5.13 Å². The molecule has 0 atom stereocenters. The van der Waals surface area contributed by atoms with Crippen molar-refractivity contribution in [2.24, 2.45) is 5.92 Å². The lowest BCUT2D eigenvalue weighted by molar-refractivity contribution is 0.103. The number of carbonyl (C=O) groups is 1. The zero-order valence-corrected chi connectivity index (χ0v) is 15.4. The minimum Gasteiger partial charge on any atom is -0.397 e. The van der Waals surface area contributed by atoms with Crippen molar-refractivity contribution in [2.45, 2.75) is 33.6 Å². The molecule has 8 heteroatoms. The summed E-state index contributed by atoms with van der Waals surface area (Å²) in [6.07, 6.45) is 1.70. The molecule has 24 heavy (non-hydrogen) atoms. The van der Waals surface area contributed by atoms with Crippen LogP contribution >= 0.6 is 22.7 Å². The highest BCUT2D eigenvalue weighted by atomic mass is 32.1. The van der Waals surface area contributed by atoms with Crippen molar-refractivity contribution >= 4 is 49.6 Å². The molecular formula is C16H19N5OS2. The zero-order valence-electron chi connectivity index (χ0n) is 13.8. The van der Waals surface area contributed by atoms with Crippen molar-refractivity contribution in [1.82, 2.24) is 15.2 Å². The van der Waals surface area contributed by atoms with E-state index in [1.165, 1.54) is 22.7 Å². The smallest absolute Gasteiger partial charge is 0.269 e. The molecule has 0 aliphatic rings. The van der Waals surface area contributed by atoms with Gasteiger partial charge in [-0.3, -0.25) is 10.1 Å². The van der Waals surface area contributed by atoms with Crippen molar-refractivity contribution in [1.29, 1.82) is 0 Å². The summed E-state index contributed by atoms with van der Waals surface area (Å²) < 4.78 is 0. The maximum absolute atomic E-state index is 12.5. The van der Waals surface area contributed by atoms with Crippen LogP contribution < -0.4 is 11.1 Å². The van der Waals surface area contributed by atoms with E-state index in [1.54, 1.807) is 0 Å². The number of rotatable bonds is 5. The Morgan fingerprint density at radius 2 is 2.08 bits per heavy atom. The highest BCUT2D eigenvalue weighted by Gasteiger charge is 2.19. The van der Waals surface area contributed by atoms with Gasteiger partial charge in [0.25, 0.3) is 5.91 Å². The maximum Gasteiger partial charge on any atom is 0.269 e. The van der Waals surface area contributed by atoms with E-state index in [9.17, 15) is 4.79 Å². The monoisotopic (exact) mass is 361 g/mol. The lowest BCUT2D eigenvalue weighted by Crippen LogP contribution is -2.11. The van der Waals surface area contributed by atoms with Crippen LogP contribution in [0.25, 0.3) is 10.2 Å². The van der Waals surface area contributed by atoms with E-state index in [1.807, 2.05) is 19.1 Å². The largest absolute Gasteiger partial charge is 0.397 e. The molecule has 0 aliphatic carbocycles. The first-order chi connectivity index (χ1) is 11.5. The van der Waals surface area contributed by atoms with E-state index in [-0.39, 0.29) is 5.91 Å². The van der Waals surface area contributed by atoms with Gasteiger partial charge in [0, 0.05) is 11.1 Å². The van der Waals surface area contributed by atoms with Crippen LogP contribution in [-0.2, 0) is 12.8 Å². The summed E-state index contributed by atoms with van der Waals surface area (Å²) in [6, 6.07) is 3.92. The van der Waals surface area contributed by atoms with Gasteiger partial charge in [0.1, 0.15) is 14.7 Å². The van der Waals surface area contributed by atoms with Crippen molar-refractivity contribution in [2.75, 3.05) is 11.1 Å². The van der Waals surface area contributed by atoms with Gasteiger partial charge in [-0.1, -0.05) is 32.1 Å². The number of nitrogens with one attached hydrogen (secondary N) is 1. The molecule has 0 spiro atoms. The number of hydrogen-bond acceptors (Lipinski definition) is 7. The molecular weight excluding hydrogens is 342 g/mol. The van der Waals surface area contributed by atoms with E-state index in [0.717, 1.165) is 33.8 Å². The van der Waals surface area contributed by atoms with E-state index in [2.05, 4.69) is 34.3 Å². The fourth-order valence-corrected chi connectivity index (χ4v) is 4.02. The Morgan fingerprint density at radius 1 is 1.29 bits per heavy atom. The summed E-state index contributed by atoms with van der Waals surface area (Å²) in [7, 11) is 0. The SMILES string of the molecule is CCc1nnc(NC(=O)c2sc3nc(CC(C)C)ccc3c2N)s1. The Labute approximate surface area is 148 Å². The average molecular weight is 361 g/mol. The van der Waals surface area contributed by atoms with Crippen LogP contribution in [0.3, 0.4) is 0 Å². The van der Waals surface area contributed by atoms with Gasteiger partial charge in [0.05, 0.1) is 5.69 Å². The molecule has 1 amide bonds. The summed E-state index contributed by atoms with van der Waals surface area (Å²) in [5, 5.41) is 12.9. The standard InChI is InChI=1S/C16H19N5OS2/c1-4-11-20-21-16(23-11)19-14(22)13-12(17)10-6-5-9(7-8(2)3)18-15(10)24-13/h5-6,8H,4,7,17H2,1-3H3,(H,19,21,22). The number of nitrogens with zero attached hydrogens (tertiary/aromatic N) is 3. The van der Waals surface area contributed by atoms with Gasteiger partial charge in [-0.2, -0.15) is 0 Å². The minimum atomic E-state index is -0.264. The van der Waals surface area contributed by atoms with Crippen molar-refractivity contribution in [3.05, 3.63) is 27.7 Å². The highest BCUT2D eigenvalue weighted by Crippen LogP contribution is 2.33. The van der Waals surface area contributed by atoms with Crippen LogP contribution in [0.5, 0.6) is 0 Å². The Bertz CT molecular complexity index is 884. The van der Waals surface area contributed by atoms with Gasteiger partial charge in [-0.15, -0.1) is 21.5 Å². The lowest BCUT2D eigenvalue weighted by Gasteiger charge is -2.03. The Balaban J connectivity index is 1.88. The van der Waals surface area contributed by atoms with Crippen LogP contribution in [0.2, 0.25) is 0 Å². The molecule has 6 nitrogen and oxygen atoms in total. The quantitative estimate of drug-likeness (QED) is 0.722. The Kier molecular flexibility index (Phi) is 4.77. The average Bonchev–Trinajstić information content (AvgIpc) is 3.11. The number of thiophene rings is 1. The molecule has 126 valence electrons. The van der Waals surface area contributed by atoms with Gasteiger partial charge in [-0.25, -0.2) is 4.98 Å². The van der Waals surface area contributed by atoms with Crippen molar-refractivity contribution < 1.29 is 4.79 Å². The lowest BCUT2D eigenvalue weighted by atomic mass is 10.1. The molecule has 0 aliphatic heterocycles. The molecule has 3 aromatic heterocycles. The third-order valence-corrected chi connectivity index (χ3v) is 5.56. The first kappa shape index (κ1) is 16.8. The molecule has 3 N–H and O–H groups in total. The third kappa shape index (κ3) is 3.39. The summed E-state index contributed by atoms with van der Waals surface area (Å²) in [4.78, 5) is 18.4. The topological polar surface area (TPSA) is 93.8 Å². The van der Waals surface area contributed by atoms with Gasteiger partial charge in [-0.05, 0) is 30.9 Å². The normalized spacial score (nSPS) is 11.3. The fraction of sp³-hybridized carbons (Fsp3) is 0.375. The number of aryl methyl sites for hydroxylation is 1. The molecule has 0 aromatic carbocycles. The predicted octanol–water partition coefficient (Wildman–Crippen LogP) is 3.74. The van der Waals surface area contributed by atoms with Crippen LogP contribution in [0.15, 0.2) is 12.1 Å². The van der Waals surface area contributed by atoms with E-state index in [0.29, 0.717) is 21.6 Å². The number of amides is 1. The number of nitrogen functional groups attached to an aromatic ring is 1. The van der Waals surface area contributed by atoms with Gasteiger partial charge in [0.15, 0.2) is 0 Å². The molecule has 3 aromatic rings. The number of hydrogen-bond donors (Lipinski definition) is 2. The number of fused-ring (bicyclic) bond motifs is 1. The molecule has 3 heterocycles. The molecule has 0 fully saturated rings. The third-order valence-electron chi connectivity index (χ3n) is 3.46. The van der Waals surface area contributed by atoms with Crippen LogP contribution in [0.1, 0.15) is 41.1 Å². The maximum atomic E-state index is 12.5.